The molecule has 94 valence electrons. The second kappa shape index (κ2) is 5.22. The van der Waals surface area contributed by atoms with E-state index in [2.05, 4.69) is 31.4 Å². The van der Waals surface area contributed by atoms with Gasteiger partial charge in [0, 0.05) is 21.9 Å². The number of nitrogen functional groups attached to an aromatic ring is 1. The number of carbonyl (C=O) groups is 1. The predicted octanol–water partition coefficient (Wildman–Crippen LogP) is 2.25. The number of hydrogen-bond acceptors (Lipinski definition) is 3. The van der Waals surface area contributed by atoms with Crippen molar-refractivity contribution in [3.8, 4) is 0 Å². The summed E-state index contributed by atoms with van der Waals surface area (Å²) in [6.45, 7) is 1.89. The lowest BCUT2D eigenvalue weighted by Gasteiger charge is -2.13. The van der Waals surface area contributed by atoms with E-state index in [1.807, 2.05) is 6.92 Å². The van der Waals surface area contributed by atoms with Gasteiger partial charge in [0.1, 0.15) is 0 Å². The Kier molecular flexibility index (Phi) is 3.66. The summed E-state index contributed by atoms with van der Waals surface area (Å²) in [6, 6.07) is 5.01. The third kappa shape index (κ3) is 2.70. The van der Waals surface area contributed by atoms with Crippen molar-refractivity contribution < 1.29 is 4.79 Å². The molecule has 1 atom stereocenters. The number of aromatic amines is 1. The first kappa shape index (κ1) is 12.6. The summed E-state index contributed by atoms with van der Waals surface area (Å²) < 4.78 is 0.716. The van der Waals surface area contributed by atoms with Gasteiger partial charge in [-0.1, -0.05) is 0 Å². The van der Waals surface area contributed by atoms with Crippen LogP contribution in [0.4, 0.5) is 5.69 Å². The number of benzene rings is 1. The molecule has 1 unspecified atom stereocenters. The zero-order valence-electron chi connectivity index (χ0n) is 9.77. The Morgan fingerprint density at radius 3 is 3.00 bits per heavy atom. The first-order chi connectivity index (χ1) is 8.58. The van der Waals surface area contributed by atoms with Crippen LogP contribution in [0.3, 0.4) is 0 Å². The highest BCUT2D eigenvalue weighted by Crippen LogP contribution is 2.20. The van der Waals surface area contributed by atoms with Crippen LogP contribution in [-0.4, -0.2) is 16.1 Å². The summed E-state index contributed by atoms with van der Waals surface area (Å²) in [4.78, 5) is 12.1. The average molecular weight is 309 g/mol. The van der Waals surface area contributed by atoms with Crippen molar-refractivity contribution in [1.29, 1.82) is 0 Å². The molecular formula is C12H13BrN4O. The molecule has 0 radical (unpaired) electrons. The van der Waals surface area contributed by atoms with Gasteiger partial charge >= 0.3 is 0 Å². The van der Waals surface area contributed by atoms with E-state index in [4.69, 9.17) is 5.73 Å². The van der Waals surface area contributed by atoms with Crippen molar-refractivity contribution in [2.45, 2.75) is 13.0 Å². The van der Waals surface area contributed by atoms with E-state index in [1.54, 1.807) is 30.6 Å². The number of hydrogen-bond donors (Lipinski definition) is 3. The predicted molar refractivity (Wildman–Crippen MR) is 73.0 cm³/mol. The van der Waals surface area contributed by atoms with Gasteiger partial charge in [-0.25, -0.2) is 0 Å². The number of nitrogens with two attached hydrogens (primary N) is 1. The Morgan fingerprint density at radius 2 is 2.33 bits per heavy atom. The molecule has 18 heavy (non-hydrogen) atoms. The molecule has 0 aliphatic carbocycles. The summed E-state index contributed by atoms with van der Waals surface area (Å²) in [7, 11) is 0. The molecule has 2 rings (SSSR count). The summed E-state index contributed by atoms with van der Waals surface area (Å²) >= 11 is 3.33. The molecule has 0 saturated heterocycles. The molecule has 5 nitrogen and oxygen atoms in total. The fraction of sp³-hybridized carbons (Fsp3) is 0.167. The van der Waals surface area contributed by atoms with Gasteiger partial charge in [0.05, 0.1) is 17.8 Å². The smallest absolute Gasteiger partial charge is 0.252 e. The first-order valence-electron chi connectivity index (χ1n) is 5.42. The van der Waals surface area contributed by atoms with Crippen LogP contribution in [0.1, 0.15) is 28.9 Å². The lowest BCUT2D eigenvalue weighted by atomic mass is 10.1. The van der Waals surface area contributed by atoms with Crippen molar-refractivity contribution in [1.82, 2.24) is 15.5 Å². The number of carbonyl (C=O) groups excluding carboxylic acids is 1. The largest absolute Gasteiger partial charge is 0.399 e. The minimum atomic E-state index is -0.178. The molecule has 1 aromatic heterocycles. The van der Waals surface area contributed by atoms with E-state index in [0.717, 1.165) is 5.56 Å². The zero-order chi connectivity index (χ0) is 13.1. The minimum Gasteiger partial charge on any atom is -0.399 e. The highest BCUT2D eigenvalue weighted by atomic mass is 79.9. The summed E-state index contributed by atoms with van der Waals surface area (Å²) in [5.74, 6) is -0.178. The van der Waals surface area contributed by atoms with E-state index in [-0.39, 0.29) is 11.9 Å². The molecule has 0 aliphatic rings. The van der Waals surface area contributed by atoms with Crippen LogP contribution >= 0.6 is 15.9 Å². The molecule has 1 heterocycles. The molecular weight excluding hydrogens is 296 g/mol. The standard InChI is InChI=1S/C12H13BrN4O/c1-7(8-5-15-16-6-8)17-12(18)10-4-9(14)2-3-11(10)13/h2-7H,14H2,1H3,(H,15,16)(H,17,18). The van der Waals surface area contributed by atoms with Gasteiger partial charge in [-0.05, 0) is 41.1 Å². The van der Waals surface area contributed by atoms with Crippen molar-refractivity contribution in [3.63, 3.8) is 0 Å². The van der Waals surface area contributed by atoms with Gasteiger partial charge < -0.3 is 11.1 Å². The molecule has 1 amide bonds. The third-order valence-corrected chi connectivity index (χ3v) is 3.29. The molecule has 2 aromatic rings. The second-order valence-corrected chi connectivity index (χ2v) is 4.82. The van der Waals surface area contributed by atoms with Crippen LogP contribution in [0.25, 0.3) is 0 Å². The molecule has 0 fully saturated rings. The average Bonchev–Trinajstić information content (AvgIpc) is 2.85. The minimum absolute atomic E-state index is 0.121. The number of nitrogens with zero attached hydrogens (tertiary/aromatic N) is 1. The number of aromatic nitrogens is 2. The van der Waals surface area contributed by atoms with Crippen LogP contribution in [0, 0.1) is 0 Å². The molecule has 0 aliphatic heterocycles. The number of nitrogens with one attached hydrogen (secondary N) is 2. The van der Waals surface area contributed by atoms with Gasteiger partial charge in [-0.2, -0.15) is 5.10 Å². The van der Waals surface area contributed by atoms with Crippen molar-refractivity contribution in [2.24, 2.45) is 0 Å². The van der Waals surface area contributed by atoms with Crippen LogP contribution in [0.2, 0.25) is 0 Å². The maximum absolute atomic E-state index is 12.1. The van der Waals surface area contributed by atoms with E-state index >= 15 is 0 Å². The van der Waals surface area contributed by atoms with Gasteiger partial charge in [0.25, 0.3) is 5.91 Å². The highest BCUT2D eigenvalue weighted by Gasteiger charge is 2.14. The van der Waals surface area contributed by atoms with E-state index in [9.17, 15) is 4.79 Å². The van der Waals surface area contributed by atoms with Crippen LogP contribution in [-0.2, 0) is 0 Å². The lowest BCUT2D eigenvalue weighted by molar-refractivity contribution is 0.0939. The second-order valence-electron chi connectivity index (χ2n) is 3.97. The van der Waals surface area contributed by atoms with Crippen LogP contribution in [0.5, 0.6) is 0 Å². The van der Waals surface area contributed by atoms with E-state index in [1.165, 1.54) is 0 Å². The Hall–Kier alpha value is -1.82. The third-order valence-electron chi connectivity index (χ3n) is 2.60. The Labute approximate surface area is 113 Å². The maximum atomic E-state index is 12.1. The number of halogens is 1. The summed E-state index contributed by atoms with van der Waals surface area (Å²) in [5, 5.41) is 9.45. The summed E-state index contributed by atoms with van der Waals surface area (Å²) in [6.07, 6.45) is 3.43. The number of H-pyrrole nitrogens is 1. The Bertz CT molecular complexity index is 553. The SMILES string of the molecule is CC(NC(=O)c1cc(N)ccc1Br)c1cn[nH]c1. The van der Waals surface area contributed by atoms with Crippen LogP contribution < -0.4 is 11.1 Å². The number of rotatable bonds is 3. The van der Waals surface area contributed by atoms with Gasteiger partial charge in [-0.15, -0.1) is 0 Å². The van der Waals surface area contributed by atoms with Gasteiger partial charge in [0.15, 0.2) is 0 Å². The monoisotopic (exact) mass is 308 g/mol. The van der Waals surface area contributed by atoms with Crippen molar-refractivity contribution in [3.05, 3.63) is 46.2 Å². The fourth-order valence-corrected chi connectivity index (χ4v) is 2.00. The van der Waals surface area contributed by atoms with E-state index < -0.39 is 0 Å². The lowest BCUT2D eigenvalue weighted by Crippen LogP contribution is -2.26. The number of anilines is 1. The molecule has 0 bridgehead atoms. The molecule has 1 aromatic carbocycles. The Balaban J connectivity index is 2.15. The van der Waals surface area contributed by atoms with Crippen molar-refractivity contribution in [2.75, 3.05) is 5.73 Å². The maximum Gasteiger partial charge on any atom is 0.252 e. The molecule has 4 N–H and O–H groups in total. The molecule has 0 saturated carbocycles. The quantitative estimate of drug-likeness (QED) is 0.760. The molecule has 0 spiro atoms. The zero-order valence-corrected chi connectivity index (χ0v) is 11.4. The highest BCUT2D eigenvalue weighted by molar-refractivity contribution is 9.10. The normalized spacial score (nSPS) is 12.1. The van der Waals surface area contributed by atoms with E-state index in [0.29, 0.717) is 15.7 Å². The van der Waals surface area contributed by atoms with Gasteiger partial charge in [-0.3, -0.25) is 9.89 Å². The fourth-order valence-electron chi connectivity index (χ4n) is 1.57. The summed E-state index contributed by atoms with van der Waals surface area (Å²) in [5.41, 5.74) is 7.67. The van der Waals surface area contributed by atoms with Crippen molar-refractivity contribution >= 4 is 27.5 Å². The molecule has 6 heteroatoms. The van der Waals surface area contributed by atoms with Gasteiger partial charge in [0.2, 0.25) is 0 Å². The first-order valence-corrected chi connectivity index (χ1v) is 6.22. The number of amides is 1. The topological polar surface area (TPSA) is 83.8 Å². The Morgan fingerprint density at radius 1 is 1.56 bits per heavy atom. The van der Waals surface area contributed by atoms with Crippen LogP contribution in [0.15, 0.2) is 35.1 Å².